The number of ether oxygens (including phenoxy) is 1. The molecule has 1 aliphatic rings. The van der Waals surface area contributed by atoms with E-state index in [1.807, 2.05) is 30.3 Å². The lowest BCUT2D eigenvalue weighted by Gasteiger charge is -2.17. The van der Waals surface area contributed by atoms with E-state index in [1.165, 1.54) is 0 Å². The number of hydrogen-bond donors (Lipinski definition) is 0. The van der Waals surface area contributed by atoms with Gasteiger partial charge in [0.25, 0.3) is 5.56 Å². The summed E-state index contributed by atoms with van der Waals surface area (Å²) in [5.41, 5.74) is 1.77. The van der Waals surface area contributed by atoms with E-state index in [2.05, 4.69) is 27.6 Å². The number of hydrogen-bond acceptors (Lipinski definition) is 3. The molecule has 0 radical (unpaired) electrons. The topological polar surface area (TPSA) is 44.1 Å². The van der Waals surface area contributed by atoms with Gasteiger partial charge < -0.3 is 4.74 Å². The summed E-state index contributed by atoms with van der Waals surface area (Å²) in [5.74, 6) is 0.621. The van der Waals surface area contributed by atoms with Crippen LogP contribution in [0.4, 0.5) is 0 Å². The van der Waals surface area contributed by atoms with Gasteiger partial charge in [-0.2, -0.15) is 0 Å². The number of halogens is 2. The number of aromatic nitrogens is 2. The van der Waals surface area contributed by atoms with Crippen LogP contribution in [0, 0.1) is 3.83 Å². The first kappa shape index (κ1) is 14.6. The summed E-state index contributed by atoms with van der Waals surface area (Å²) in [7, 11) is 1.58. The first-order chi connectivity index (χ1) is 10.1. The quantitative estimate of drug-likeness (QED) is 0.559. The molecule has 0 N–H and O–H groups in total. The van der Waals surface area contributed by atoms with Gasteiger partial charge in [-0.25, -0.2) is 4.98 Å². The van der Waals surface area contributed by atoms with E-state index in [0.29, 0.717) is 25.9 Å². The standard InChI is InChI=1S/C15H12ClIN2O2/c1-21-12-8-3-2-7-11(12)19-14(20)13-9(16)5-4-6-10(13)18-15(19)17/h2-3,5,7-8H,4,6H2,1H3. The van der Waals surface area contributed by atoms with E-state index in [9.17, 15) is 4.79 Å². The zero-order valence-electron chi connectivity index (χ0n) is 11.3. The molecule has 1 aliphatic carbocycles. The van der Waals surface area contributed by atoms with E-state index >= 15 is 0 Å². The van der Waals surface area contributed by atoms with Crippen LogP contribution in [0.25, 0.3) is 10.7 Å². The van der Waals surface area contributed by atoms with Crippen molar-refractivity contribution in [3.8, 4) is 11.4 Å². The van der Waals surface area contributed by atoms with Crippen LogP contribution >= 0.6 is 34.2 Å². The fourth-order valence-electron chi connectivity index (χ4n) is 2.42. The summed E-state index contributed by atoms with van der Waals surface area (Å²) < 4.78 is 7.49. The lowest BCUT2D eigenvalue weighted by atomic mass is 10.0. The molecule has 0 saturated heterocycles. The third-order valence-corrected chi connectivity index (χ3v) is 4.45. The van der Waals surface area contributed by atoms with Gasteiger partial charge in [0.05, 0.1) is 29.1 Å². The number of aryl methyl sites for hydroxylation is 1. The predicted octanol–water partition coefficient (Wildman–Crippen LogP) is 3.37. The van der Waals surface area contributed by atoms with E-state index in [4.69, 9.17) is 16.3 Å². The molecule has 0 saturated carbocycles. The Hall–Kier alpha value is -1.34. The number of para-hydroxylation sites is 2. The van der Waals surface area contributed by atoms with Crippen LogP contribution in [-0.2, 0) is 6.42 Å². The molecular formula is C15H12ClIN2O2. The summed E-state index contributed by atoms with van der Waals surface area (Å²) in [6, 6.07) is 7.36. The van der Waals surface area contributed by atoms with Gasteiger partial charge in [-0.3, -0.25) is 9.36 Å². The van der Waals surface area contributed by atoms with Crippen LogP contribution in [-0.4, -0.2) is 16.7 Å². The molecule has 2 aromatic rings. The first-order valence-corrected chi connectivity index (χ1v) is 7.90. The van der Waals surface area contributed by atoms with E-state index < -0.39 is 0 Å². The van der Waals surface area contributed by atoms with Crippen LogP contribution in [0.2, 0.25) is 0 Å². The normalized spacial score (nSPS) is 13.6. The van der Waals surface area contributed by atoms with Crippen LogP contribution in [0.3, 0.4) is 0 Å². The molecule has 1 aromatic carbocycles. The molecule has 0 unspecified atom stereocenters. The average Bonchev–Trinajstić information content (AvgIpc) is 2.47. The number of methoxy groups -OCH3 is 1. The number of allylic oxidation sites excluding steroid dienone is 1. The van der Waals surface area contributed by atoms with Gasteiger partial charge in [0.15, 0.2) is 3.83 Å². The highest BCUT2D eigenvalue weighted by atomic mass is 127. The second kappa shape index (κ2) is 5.81. The number of nitrogens with zero attached hydrogens (tertiary/aromatic N) is 2. The largest absolute Gasteiger partial charge is 0.495 e. The van der Waals surface area contributed by atoms with Crippen molar-refractivity contribution < 1.29 is 4.74 Å². The van der Waals surface area contributed by atoms with Gasteiger partial charge in [0.1, 0.15) is 5.75 Å². The molecule has 0 fully saturated rings. The van der Waals surface area contributed by atoms with Crippen LogP contribution in [0.1, 0.15) is 17.7 Å². The minimum absolute atomic E-state index is 0.158. The molecule has 0 spiro atoms. The Morgan fingerprint density at radius 3 is 2.90 bits per heavy atom. The Morgan fingerprint density at radius 1 is 1.38 bits per heavy atom. The Bertz CT molecular complexity index is 799. The molecule has 0 amide bonds. The predicted molar refractivity (Wildman–Crippen MR) is 91.3 cm³/mol. The summed E-state index contributed by atoms with van der Waals surface area (Å²) in [6.07, 6.45) is 3.42. The van der Waals surface area contributed by atoms with Gasteiger partial charge in [-0.05, 0) is 25.0 Å². The molecule has 6 heteroatoms. The number of rotatable bonds is 2. The number of benzene rings is 1. The Labute approximate surface area is 140 Å². The SMILES string of the molecule is COc1ccccc1-n1c(I)nc2c(c1=O)C(Cl)=CCC2. The Morgan fingerprint density at radius 2 is 2.14 bits per heavy atom. The van der Waals surface area contributed by atoms with Crippen molar-refractivity contribution in [2.24, 2.45) is 0 Å². The fourth-order valence-corrected chi connectivity index (χ4v) is 3.49. The zero-order valence-corrected chi connectivity index (χ0v) is 14.2. The lowest BCUT2D eigenvalue weighted by molar-refractivity contribution is 0.412. The molecule has 108 valence electrons. The summed E-state index contributed by atoms with van der Waals surface area (Å²) in [6.45, 7) is 0. The van der Waals surface area contributed by atoms with Crippen molar-refractivity contribution in [1.29, 1.82) is 0 Å². The maximum Gasteiger partial charge on any atom is 0.267 e. The smallest absolute Gasteiger partial charge is 0.267 e. The minimum Gasteiger partial charge on any atom is -0.495 e. The summed E-state index contributed by atoms with van der Waals surface area (Å²) >= 11 is 8.28. The maximum absolute atomic E-state index is 12.9. The molecule has 0 aliphatic heterocycles. The van der Waals surface area contributed by atoms with Crippen molar-refractivity contribution in [1.82, 2.24) is 9.55 Å². The van der Waals surface area contributed by atoms with Gasteiger partial charge in [-0.1, -0.05) is 29.8 Å². The second-order valence-electron chi connectivity index (χ2n) is 4.61. The zero-order chi connectivity index (χ0) is 15.0. The summed E-state index contributed by atoms with van der Waals surface area (Å²) in [4.78, 5) is 17.4. The third kappa shape index (κ3) is 2.48. The molecule has 0 bridgehead atoms. The van der Waals surface area contributed by atoms with Crippen molar-refractivity contribution in [3.63, 3.8) is 0 Å². The highest BCUT2D eigenvalue weighted by Gasteiger charge is 2.22. The van der Waals surface area contributed by atoms with Gasteiger partial charge >= 0.3 is 0 Å². The number of fused-ring (bicyclic) bond motifs is 1. The van der Waals surface area contributed by atoms with Gasteiger partial charge in [0.2, 0.25) is 0 Å². The molecule has 3 rings (SSSR count). The van der Waals surface area contributed by atoms with Crippen molar-refractivity contribution in [2.75, 3.05) is 7.11 Å². The molecule has 1 heterocycles. The van der Waals surface area contributed by atoms with Crippen molar-refractivity contribution in [2.45, 2.75) is 12.8 Å². The first-order valence-electron chi connectivity index (χ1n) is 6.44. The van der Waals surface area contributed by atoms with E-state index in [-0.39, 0.29) is 5.56 Å². The van der Waals surface area contributed by atoms with Gasteiger partial charge in [-0.15, -0.1) is 0 Å². The lowest BCUT2D eigenvalue weighted by Crippen LogP contribution is -2.28. The minimum atomic E-state index is -0.158. The van der Waals surface area contributed by atoms with Crippen molar-refractivity contribution in [3.05, 3.63) is 55.8 Å². The van der Waals surface area contributed by atoms with Crippen LogP contribution < -0.4 is 10.3 Å². The highest BCUT2D eigenvalue weighted by molar-refractivity contribution is 14.1. The average molecular weight is 415 g/mol. The van der Waals surface area contributed by atoms with Crippen LogP contribution in [0.15, 0.2) is 35.1 Å². The van der Waals surface area contributed by atoms with Gasteiger partial charge in [0, 0.05) is 22.6 Å². The molecule has 4 nitrogen and oxygen atoms in total. The maximum atomic E-state index is 12.9. The molecule has 21 heavy (non-hydrogen) atoms. The Kier molecular flexibility index (Phi) is 4.03. The third-order valence-electron chi connectivity index (χ3n) is 3.39. The van der Waals surface area contributed by atoms with E-state index in [0.717, 1.165) is 18.5 Å². The molecular weight excluding hydrogens is 403 g/mol. The Balaban J connectivity index is 2.33. The fraction of sp³-hybridized carbons (Fsp3) is 0.200. The molecule has 1 aromatic heterocycles. The van der Waals surface area contributed by atoms with Crippen molar-refractivity contribution >= 4 is 39.2 Å². The second-order valence-corrected chi connectivity index (χ2v) is 5.98. The van der Waals surface area contributed by atoms with E-state index in [1.54, 1.807) is 11.7 Å². The highest BCUT2D eigenvalue weighted by Crippen LogP contribution is 2.28. The summed E-state index contributed by atoms with van der Waals surface area (Å²) in [5, 5.41) is 0.480. The monoisotopic (exact) mass is 414 g/mol. The molecule has 0 atom stereocenters. The van der Waals surface area contributed by atoms with Crippen LogP contribution in [0.5, 0.6) is 5.75 Å².